The van der Waals surface area contributed by atoms with Gasteiger partial charge < -0.3 is 20.6 Å². The molecule has 4 nitrogen and oxygen atoms in total. The molecule has 0 heterocycles. The summed E-state index contributed by atoms with van der Waals surface area (Å²) in [6.07, 6.45) is 1.24. The van der Waals surface area contributed by atoms with Gasteiger partial charge >= 0.3 is 0 Å². The number of phenolic OH excluding ortho intramolecular Hbond substituents is 3. The summed E-state index contributed by atoms with van der Waals surface area (Å²) < 4.78 is 0. The van der Waals surface area contributed by atoms with Crippen molar-refractivity contribution in [3.05, 3.63) is 82.9 Å². The molecule has 3 aromatic carbocycles. The van der Waals surface area contributed by atoms with Crippen LogP contribution in [-0.2, 0) is 12.8 Å². The summed E-state index contributed by atoms with van der Waals surface area (Å²) in [4.78, 5) is 0. The summed E-state index contributed by atoms with van der Waals surface area (Å²) in [5, 5.41) is 32.5. The van der Waals surface area contributed by atoms with E-state index in [2.05, 4.69) is 5.32 Å². The van der Waals surface area contributed by atoms with Gasteiger partial charge in [-0.1, -0.05) is 36.4 Å². The fourth-order valence-corrected chi connectivity index (χ4v) is 2.91. The van der Waals surface area contributed by atoms with Crippen LogP contribution in [0.4, 0.5) is 5.69 Å². The lowest BCUT2D eigenvalue weighted by atomic mass is 9.97. The van der Waals surface area contributed by atoms with Gasteiger partial charge in [0.2, 0.25) is 0 Å². The molecule has 4 N–H and O–H groups in total. The topological polar surface area (TPSA) is 72.7 Å². The Hall–Kier alpha value is -3.14. The lowest BCUT2D eigenvalue weighted by molar-refractivity contribution is 0.470. The highest BCUT2D eigenvalue weighted by molar-refractivity contribution is 5.65. The third kappa shape index (κ3) is 3.86. The standard InChI is InChI=1S/C21H21NO3/c1-22-20-16(12-14-2-8-18(23)9-3-14)6-7-17(21(20)25)13-15-4-10-19(24)11-5-15/h2-11,22-25H,12-13H2,1H3. The molecule has 25 heavy (non-hydrogen) atoms. The third-order valence-corrected chi connectivity index (χ3v) is 4.26. The third-order valence-electron chi connectivity index (χ3n) is 4.26. The SMILES string of the molecule is CNc1c(Cc2ccc(O)cc2)ccc(Cc2ccc(O)cc2)c1O. The van der Waals surface area contributed by atoms with Crippen molar-refractivity contribution in [1.82, 2.24) is 0 Å². The zero-order valence-corrected chi connectivity index (χ0v) is 14.0. The highest BCUT2D eigenvalue weighted by Crippen LogP contribution is 2.34. The van der Waals surface area contributed by atoms with Gasteiger partial charge in [0.25, 0.3) is 0 Å². The predicted octanol–water partition coefficient (Wildman–Crippen LogP) is 4.03. The maximum Gasteiger partial charge on any atom is 0.142 e. The molecule has 0 aliphatic heterocycles. The van der Waals surface area contributed by atoms with Crippen LogP contribution in [0.2, 0.25) is 0 Å². The molecule has 0 aliphatic carbocycles. The second kappa shape index (κ2) is 7.18. The first kappa shape index (κ1) is 16.7. The largest absolute Gasteiger partial charge is 0.508 e. The van der Waals surface area contributed by atoms with Gasteiger partial charge in [-0.05, 0) is 47.4 Å². The molecule has 0 amide bonds. The molecule has 0 spiro atoms. The Labute approximate surface area is 147 Å². The summed E-state index contributed by atoms with van der Waals surface area (Å²) in [7, 11) is 1.79. The molecular weight excluding hydrogens is 314 g/mol. The second-order valence-corrected chi connectivity index (χ2v) is 6.04. The zero-order valence-electron chi connectivity index (χ0n) is 14.0. The Morgan fingerprint density at radius 3 is 1.56 bits per heavy atom. The van der Waals surface area contributed by atoms with E-state index in [1.54, 1.807) is 31.3 Å². The van der Waals surface area contributed by atoms with Crippen molar-refractivity contribution in [2.45, 2.75) is 12.8 Å². The number of rotatable bonds is 5. The first-order chi connectivity index (χ1) is 12.1. The number of anilines is 1. The number of hydrogen-bond donors (Lipinski definition) is 4. The minimum Gasteiger partial charge on any atom is -0.508 e. The van der Waals surface area contributed by atoms with E-state index in [1.807, 2.05) is 36.4 Å². The lowest BCUT2D eigenvalue weighted by Crippen LogP contribution is -2.00. The molecular formula is C21H21NO3. The molecule has 4 heteroatoms. The monoisotopic (exact) mass is 335 g/mol. The fraction of sp³-hybridized carbons (Fsp3) is 0.143. The van der Waals surface area contributed by atoms with Crippen LogP contribution in [0.1, 0.15) is 22.3 Å². The van der Waals surface area contributed by atoms with Gasteiger partial charge in [-0.25, -0.2) is 0 Å². The van der Waals surface area contributed by atoms with Gasteiger partial charge in [0, 0.05) is 19.0 Å². The van der Waals surface area contributed by atoms with Gasteiger partial charge in [0.05, 0.1) is 5.69 Å². The van der Waals surface area contributed by atoms with Gasteiger partial charge in [-0.2, -0.15) is 0 Å². The van der Waals surface area contributed by atoms with Crippen molar-refractivity contribution in [2.24, 2.45) is 0 Å². The van der Waals surface area contributed by atoms with E-state index in [9.17, 15) is 15.3 Å². The van der Waals surface area contributed by atoms with Crippen LogP contribution in [0.15, 0.2) is 60.7 Å². The maximum atomic E-state index is 10.7. The Kier molecular flexibility index (Phi) is 4.80. The van der Waals surface area contributed by atoms with Gasteiger partial charge in [-0.3, -0.25) is 0 Å². The van der Waals surface area contributed by atoms with Crippen molar-refractivity contribution < 1.29 is 15.3 Å². The van der Waals surface area contributed by atoms with Crippen LogP contribution in [0.5, 0.6) is 17.2 Å². The van der Waals surface area contributed by atoms with E-state index in [-0.39, 0.29) is 17.2 Å². The van der Waals surface area contributed by atoms with E-state index in [1.165, 1.54) is 0 Å². The van der Waals surface area contributed by atoms with E-state index >= 15 is 0 Å². The smallest absolute Gasteiger partial charge is 0.142 e. The average molecular weight is 335 g/mol. The summed E-state index contributed by atoms with van der Waals surface area (Å²) in [6.45, 7) is 0. The van der Waals surface area contributed by atoms with Crippen molar-refractivity contribution in [2.75, 3.05) is 12.4 Å². The molecule has 0 atom stereocenters. The number of nitrogens with one attached hydrogen (secondary N) is 1. The van der Waals surface area contributed by atoms with Gasteiger partial charge in [-0.15, -0.1) is 0 Å². The molecule has 3 rings (SSSR count). The lowest BCUT2D eigenvalue weighted by Gasteiger charge is -2.15. The number of benzene rings is 3. The van der Waals surface area contributed by atoms with Crippen LogP contribution in [0.25, 0.3) is 0 Å². The summed E-state index contributed by atoms with van der Waals surface area (Å²) in [5.41, 5.74) is 4.59. The molecule has 128 valence electrons. The van der Waals surface area contributed by atoms with Crippen molar-refractivity contribution in [3.8, 4) is 17.2 Å². The number of aromatic hydroxyl groups is 3. The van der Waals surface area contributed by atoms with Crippen LogP contribution >= 0.6 is 0 Å². The minimum atomic E-state index is 0.230. The molecule has 0 aromatic heterocycles. The molecule has 0 bridgehead atoms. The Morgan fingerprint density at radius 2 is 1.08 bits per heavy atom. The van der Waals surface area contributed by atoms with Crippen molar-refractivity contribution in [3.63, 3.8) is 0 Å². The van der Waals surface area contributed by atoms with Gasteiger partial charge in [0.1, 0.15) is 17.2 Å². The highest BCUT2D eigenvalue weighted by Gasteiger charge is 2.12. The highest BCUT2D eigenvalue weighted by atomic mass is 16.3. The first-order valence-electron chi connectivity index (χ1n) is 8.14. The molecule has 0 radical (unpaired) electrons. The quantitative estimate of drug-likeness (QED) is 0.531. The van der Waals surface area contributed by atoms with Gasteiger partial charge in [0.15, 0.2) is 0 Å². The fourth-order valence-electron chi connectivity index (χ4n) is 2.91. The van der Waals surface area contributed by atoms with Crippen molar-refractivity contribution in [1.29, 1.82) is 0 Å². The van der Waals surface area contributed by atoms with E-state index in [0.717, 1.165) is 22.3 Å². The predicted molar refractivity (Wildman–Crippen MR) is 99.5 cm³/mol. The van der Waals surface area contributed by atoms with E-state index in [4.69, 9.17) is 0 Å². The zero-order chi connectivity index (χ0) is 17.8. The molecule has 0 aliphatic rings. The molecule has 3 aromatic rings. The number of hydrogen-bond acceptors (Lipinski definition) is 4. The molecule has 0 saturated heterocycles. The maximum absolute atomic E-state index is 10.7. The van der Waals surface area contributed by atoms with E-state index < -0.39 is 0 Å². The first-order valence-corrected chi connectivity index (χ1v) is 8.14. The summed E-state index contributed by atoms with van der Waals surface area (Å²) >= 11 is 0. The molecule has 0 fully saturated rings. The average Bonchev–Trinajstić information content (AvgIpc) is 2.61. The second-order valence-electron chi connectivity index (χ2n) is 6.04. The Bertz CT molecular complexity index is 856. The van der Waals surface area contributed by atoms with Crippen LogP contribution < -0.4 is 5.32 Å². The minimum absolute atomic E-state index is 0.230. The molecule has 0 unspecified atom stereocenters. The van der Waals surface area contributed by atoms with Crippen LogP contribution in [-0.4, -0.2) is 22.4 Å². The van der Waals surface area contributed by atoms with Crippen molar-refractivity contribution >= 4 is 5.69 Å². The number of phenols is 3. The van der Waals surface area contributed by atoms with Crippen LogP contribution in [0.3, 0.4) is 0 Å². The normalized spacial score (nSPS) is 10.6. The van der Waals surface area contributed by atoms with Crippen LogP contribution in [0, 0.1) is 0 Å². The summed E-state index contributed by atoms with van der Waals surface area (Å²) in [6, 6.07) is 18.0. The Morgan fingerprint density at radius 1 is 0.640 bits per heavy atom. The van der Waals surface area contributed by atoms with E-state index in [0.29, 0.717) is 18.5 Å². The summed E-state index contributed by atoms with van der Waals surface area (Å²) in [5.74, 6) is 0.713. The molecule has 0 saturated carbocycles. The Balaban J connectivity index is 1.87.